The van der Waals surface area contributed by atoms with Gasteiger partial charge in [-0.25, -0.2) is 9.78 Å². The van der Waals surface area contributed by atoms with Gasteiger partial charge in [0.2, 0.25) is 0 Å². The van der Waals surface area contributed by atoms with Gasteiger partial charge in [0.1, 0.15) is 31.5 Å². The van der Waals surface area contributed by atoms with Crippen LogP contribution in [0.1, 0.15) is 17.0 Å². The predicted octanol–water partition coefficient (Wildman–Crippen LogP) is -3.20. The van der Waals surface area contributed by atoms with Crippen LogP contribution in [0.25, 0.3) is 0 Å². The monoisotopic (exact) mass is 644 g/mol. The van der Waals surface area contributed by atoms with Gasteiger partial charge in [0.15, 0.2) is 26.4 Å². The van der Waals surface area contributed by atoms with Crippen molar-refractivity contribution in [1.82, 2.24) is 30.8 Å². The molecule has 4 N–H and O–H groups in total. The normalized spacial score (nSPS) is 18.8. The van der Waals surface area contributed by atoms with Crippen LogP contribution in [-0.2, 0) is 70.3 Å². The van der Waals surface area contributed by atoms with E-state index in [2.05, 4.69) is 35.7 Å². The molecule has 18 heteroatoms. The second-order valence-corrected chi connectivity index (χ2v) is 9.66. The fourth-order valence-corrected chi connectivity index (χ4v) is 3.71. The Bertz CT molecular complexity index is 1450. The van der Waals surface area contributed by atoms with Crippen molar-refractivity contribution in [3.63, 3.8) is 0 Å². The number of carbonyl (C=O) groups excluding carboxylic acids is 8. The lowest BCUT2D eigenvalue weighted by molar-refractivity contribution is -0.154. The third-order valence-electron chi connectivity index (χ3n) is 6.09. The number of carbonyl (C=O) groups is 8. The predicted molar refractivity (Wildman–Crippen MR) is 151 cm³/mol. The summed E-state index contributed by atoms with van der Waals surface area (Å²) in [6, 6.07) is 5.82. The molecule has 3 rings (SSSR count). The minimum absolute atomic E-state index is 0.0618. The molecular weight excluding hydrogens is 612 g/mol. The molecule has 1 saturated heterocycles. The summed E-state index contributed by atoms with van der Waals surface area (Å²) in [5.74, 6) is -6.69. The fourth-order valence-electron chi connectivity index (χ4n) is 3.71. The van der Waals surface area contributed by atoms with Crippen molar-refractivity contribution in [2.75, 3.05) is 46.1 Å². The molecule has 0 spiro atoms. The number of rotatable bonds is 4. The highest BCUT2D eigenvalue weighted by Crippen LogP contribution is 2.11. The Balaban J connectivity index is 1.65. The summed E-state index contributed by atoms with van der Waals surface area (Å²) in [5, 5.41) is 8.76. The zero-order valence-corrected chi connectivity index (χ0v) is 24.7. The number of benzene rings is 1. The Hall–Kier alpha value is -5.81. The number of cyclic esters (lactones) is 4. The molecule has 18 nitrogen and oxygen atoms in total. The molecule has 2 aromatic rings. The van der Waals surface area contributed by atoms with Crippen LogP contribution in [0.5, 0.6) is 0 Å². The molecule has 1 aromatic heterocycles. The molecule has 46 heavy (non-hydrogen) atoms. The summed E-state index contributed by atoms with van der Waals surface area (Å²) in [5.41, 5.74) is 1.57. The van der Waals surface area contributed by atoms with E-state index in [1.807, 2.05) is 29.8 Å². The van der Waals surface area contributed by atoms with Crippen LogP contribution in [0.4, 0.5) is 0 Å². The summed E-state index contributed by atoms with van der Waals surface area (Å²) in [6.07, 6.45) is 3.45. The van der Waals surface area contributed by atoms with Crippen LogP contribution in [0.3, 0.4) is 0 Å². The fraction of sp³-hybridized carbons (Fsp3) is 0.393. The summed E-state index contributed by atoms with van der Waals surface area (Å²) in [7, 11) is 0. The lowest BCUT2D eigenvalue weighted by atomic mass is 10.0. The number of esters is 4. The van der Waals surface area contributed by atoms with E-state index in [9.17, 15) is 38.4 Å². The van der Waals surface area contributed by atoms with E-state index < -0.39 is 99.6 Å². The largest absolute Gasteiger partial charge is 0.454 e. The van der Waals surface area contributed by atoms with Gasteiger partial charge in [0.05, 0.1) is 0 Å². The first-order valence-corrected chi connectivity index (χ1v) is 13.8. The topological polar surface area (TPSA) is 239 Å². The van der Waals surface area contributed by atoms with Crippen molar-refractivity contribution in [3.05, 3.63) is 53.6 Å². The molecular formula is C28H32N6O12. The van der Waals surface area contributed by atoms with Crippen molar-refractivity contribution in [3.8, 4) is 0 Å². The Labute approximate surface area is 261 Å². The van der Waals surface area contributed by atoms with Gasteiger partial charge < -0.3 is 44.8 Å². The first-order chi connectivity index (χ1) is 22.0. The van der Waals surface area contributed by atoms with Crippen LogP contribution < -0.4 is 21.3 Å². The van der Waals surface area contributed by atoms with Gasteiger partial charge in [-0.3, -0.25) is 33.6 Å². The Morgan fingerprint density at radius 3 is 1.61 bits per heavy atom. The highest BCUT2D eigenvalue weighted by Gasteiger charge is 2.25. The second kappa shape index (κ2) is 17.5. The molecule has 1 aliphatic heterocycles. The van der Waals surface area contributed by atoms with E-state index in [1.54, 1.807) is 18.3 Å². The molecule has 1 aliphatic rings. The minimum atomic E-state index is -1.32. The summed E-state index contributed by atoms with van der Waals surface area (Å²) < 4.78 is 21.1. The second-order valence-electron chi connectivity index (χ2n) is 9.66. The molecule has 0 bridgehead atoms. The van der Waals surface area contributed by atoms with Gasteiger partial charge in [-0.1, -0.05) is 24.3 Å². The Kier molecular flexibility index (Phi) is 13.2. The van der Waals surface area contributed by atoms with Crippen LogP contribution in [0, 0.1) is 6.92 Å². The van der Waals surface area contributed by atoms with Gasteiger partial charge in [-0.05, 0) is 18.1 Å². The number of ether oxygens (including phenoxy) is 4. The standard InChI is InChI=1S/C28H32N6O12/c1-17-29-6-7-34(17)12-19-4-2-18(3-5-19)8-20-28(42)46-15-23(37)32-10-26(40)44-13-21(35)30-9-25(39)43-14-22(36)31-11-27(41)45-16-24(38)33-20/h2-7,20H,8-16H2,1H3,(H,30,35)(H,31,36)(H,32,37)(H,33,38). The van der Waals surface area contributed by atoms with E-state index >= 15 is 0 Å². The maximum absolute atomic E-state index is 12.9. The number of imidazole rings is 1. The Morgan fingerprint density at radius 1 is 0.674 bits per heavy atom. The zero-order valence-electron chi connectivity index (χ0n) is 24.7. The third-order valence-corrected chi connectivity index (χ3v) is 6.09. The molecule has 1 fully saturated rings. The lowest BCUT2D eigenvalue weighted by Crippen LogP contribution is -2.46. The van der Waals surface area contributed by atoms with Gasteiger partial charge in [-0.2, -0.15) is 0 Å². The van der Waals surface area contributed by atoms with Crippen molar-refractivity contribution < 1.29 is 57.3 Å². The van der Waals surface area contributed by atoms with Crippen molar-refractivity contribution in [1.29, 1.82) is 0 Å². The van der Waals surface area contributed by atoms with Gasteiger partial charge in [-0.15, -0.1) is 0 Å². The van der Waals surface area contributed by atoms with Crippen LogP contribution in [0.2, 0.25) is 0 Å². The van der Waals surface area contributed by atoms with E-state index in [4.69, 9.17) is 9.47 Å². The highest BCUT2D eigenvalue weighted by atomic mass is 16.6. The number of aromatic nitrogens is 2. The van der Waals surface area contributed by atoms with E-state index in [-0.39, 0.29) is 6.42 Å². The summed E-state index contributed by atoms with van der Waals surface area (Å²) >= 11 is 0. The zero-order chi connectivity index (χ0) is 33.5. The first-order valence-electron chi connectivity index (χ1n) is 13.8. The molecule has 0 radical (unpaired) electrons. The van der Waals surface area contributed by atoms with Gasteiger partial charge in [0.25, 0.3) is 23.6 Å². The van der Waals surface area contributed by atoms with E-state index in [1.165, 1.54) is 0 Å². The number of hydrogen-bond acceptors (Lipinski definition) is 13. The molecule has 1 aromatic carbocycles. The minimum Gasteiger partial charge on any atom is -0.454 e. The molecule has 4 amide bonds. The van der Waals surface area contributed by atoms with Crippen molar-refractivity contribution >= 4 is 47.5 Å². The van der Waals surface area contributed by atoms with Gasteiger partial charge >= 0.3 is 23.9 Å². The maximum Gasteiger partial charge on any atom is 0.329 e. The molecule has 1 atom stereocenters. The average Bonchev–Trinajstić information content (AvgIpc) is 3.44. The van der Waals surface area contributed by atoms with Crippen LogP contribution in [-0.4, -0.2) is 109 Å². The molecule has 246 valence electrons. The molecule has 1 unspecified atom stereocenters. The molecule has 2 heterocycles. The first kappa shape index (κ1) is 34.7. The van der Waals surface area contributed by atoms with Crippen molar-refractivity contribution in [2.45, 2.75) is 25.9 Å². The number of aryl methyl sites for hydroxylation is 1. The smallest absolute Gasteiger partial charge is 0.329 e. The lowest BCUT2D eigenvalue weighted by Gasteiger charge is -2.18. The number of nitrogens with one attached hydrogen (secondary N) is 4. The number of hydrogen-bond donors (Lipinski definition) is 4. The molecule has 0 saturated carbocycles. The summed E-state index contributed by atoms with van der Waals surface area (Å²) in [6.45, 7) is -2.78. The third kappa shape index (κ3) is 12.4. The van der Waals surface area contributed by atoms with Gasteiger partial charge in [0, 0.05) is 25.4 Å². The van der Waals surface area contributed by atoms with Crippen LogP contribution in [0.15, 0.2) is 36.7 Å². The Morgan fingerprint density at radius 2 is 1.13 bits per heavy atom. The van der Waals surface area contributed by atoms with Crippen molar-refractivity contribution in [2.24, 2.45) is 0 Å². The molecule has 0 aliphatic carbocycles. The highest BCUT2D eigenvalue weighted by molar-refractivity contribution is 5.90. The van der Waals surface area contributed by atoms with E-state index in [0.717, 1.165) is 11.4 Å². The quantitative estimate of drug-likeness (QED) is 0.190. The number of amides is 4. The SMILES string of the molecule is Cc1nccn1Cc1ccc(CC2NC(=O)COC(=O)CNC(=O)COC(=O)CNC(=O)COC(=O)CNC(=O)COC2=O)cc1. The maximum atomic E-state index is 12.9. The van der Waals surface area contributed by atoms with Crippen LogP contribution >= 0.6 is 0 Å². The summed E-state index contributed by atoms with van der Waals surface area (Å²) in [4.78, 5) is 101. The average molecular weight is 645 g/mol. The number of nitrogens with zero attached hydrogens (tertiary/aromatic N) is 2. The van der Waals surface area contributed by atoms with E-state index in [0.29, 0.717) is 12.1 Å².